The molecule has 16 heavy (non-hydrogen) atoms. The highest BCUT2D eigenvalue weighted by Gasteiger charge is 2.36. The van der Waals surface area contributed by atoms with Crippen molar-refractivity contribution >= 4 is 12.6 Å². The summed E-state index contributed by atoms with van der Waals surface area (Å²) >= 11 is 0. The number of benzene rings is 1. The normalized spacial score (nSPS) is 21.9. The fraction of sp³-hybridized carbons (Fsp3) is 0.231. The summed E-state index contributed by atoms with van der Waals surface area (Å²) in [6, 6.07) is 8.36. The van der Waals surface area contributed by atoms with E-state index in [0.29, 0.717) is 5.92 Å². The largest absolute Gasteiger partial charge is 0.562 e. The minimum atomic E-state index is -0.259. The van der Waals surface area contributed by atoms with Gasteiger partial charge >= 0.3 is 7.12 Å². The maximum absolute atomic E-state index is 5.85. The first-order valence-corrected chi connectivity index (χ1v) is 5.55. The van der Waals surface area contributed by atoms with E-state index in [-0.39, 0.29) is 7.12 Å². The van der Waals surface area contributed by atoms with Crippen LogP contribution < -0.4 is 5.46 Å². The molecule has 2 nitrogen and oxygen atoms in total. The molecular formula is C13H13BO2. The van der Waals surface area contributed by atoms with Crippen LogP contribution in [0.1, 0.15) is 17.9 Å². The number of rotatable bonds is 1. The second kappa shape index (κ2) is 3.83. The molecule has 1 atom stereocenters. The van der Waals surface area contributed by atoms with Crippen molar-refractivity contribution in [1.82, 2.24) is 0 Å². The fourth-order valence-corrected chi connectivity index (χ4v) is 2.42. The third-order valence-electron chi connectivity index (χ3n) is 3.19. The van der Waals surface area contributed by atoms with E-state index < -0.39 is 0 Å². The molecule has 0 saturated carbocycles. The summed E-state index contributed by atoms with van der Waals surface area (Å²) in [5.41, 5.74) is 2.48. The minimum Gasteiger partial charge on any atom is -0.535 e. The highest BCUT2D eigenvalue weighted by atomic mass is 16.6. The lowest BCUT2D eigenvalue weighted by Crippen LogP contribution is -2.43. The molecule has 0 amide bonds. The van der Waals surface area contributed by atoms with Crippen LogP contribution in [0.5, 0.6) is 0 Å². The molecule has 2 aliphatic rings. The second-order valence-corrected chi connectivity index (χ2v) is 4.10. The molecule has 1 aliphatic heterocycles. The van der Waals surface area contributed by atoms with E-state index in [1.54, 1.807) is 7.11 Å². The maximum Gasteiger partial charge on any atom is 0.562 e. The van der Waals surface area contributed by atoms with Crippen molar-refractivity contribution in [2.45, 2.75) is 12.3 Å². The zero-order chi connectivity index (χ0) is 11.0. The lowest BCUT2D eigenvalue weighted by atomic mass is 9.68. The second-order valence-electron chi connectivity index (χ2n) is 4.10. The van der Waals surface area contributed by atoms with Crippen LogP contribution in [0.3, 0.4) is 0 Å². The predicted molar refractivity (Wildman–Crippen MR) is 64.5 cm³/mol. The summed E-state index contributed by atoms with van der Waals surface area (Å²) in [7, 11) is 1.42. The molecule has 80 valence electrons. The van der Waals surface area contributed by atoms with Crippen molar-refractivity contribution in [3.05, 3.63) is 53.8 Å². The van der Waals surface area contributed by atoms with Crippen molar-refractivity contribution in [3.63, 3.8) is 0 Å². The molecule has 0 N–H and O–H groups in total. The van der Waals surface area contributed by atoms with Gasteiger partial charge in [-0.25, -0.2) is 0 Å². The van der Waals surface area contributed by atoms with Gasteiger partial charge in [-0.3, -0.25) is 0 Å². The van der Waals surface area contributed by atoms with E-state index >= 15 is 0 Å². The number of hydrogen-bond donors (Lipinski definition) is 0. The van der Waals surface area contributed by atoms with Crippen LogP contribution in [0.25, 0.3) is 0 Å². The lowest BCUT2D eigenvalue weighted by molar-refractivity contribution is 0.275. The summed E-state index contributed by atoms with van der Waals surface area (Å²) < 4.78 is 11.2. The zero-order valence-electron chi connectivity index (χ0n) is 9.22. The summed E-state index contributed by atoms with van der Waals surface area (Å²) in [6.07, 6.45) is 7.28. The SMILES string of the molecule is COB1OC2=CC=CCC2c2ccccc21. The van der Waals surface area contributed by atoms with Gasteiger partial charge in [0.25, 0.3) is 0 Å². The minimum absolute atomic E-state index is 0.259. The Morgan fingerprint density at radius 2 is 2.25 bits per heavy atom. The first-order valence-electron chi connectivity index (χ1n) is 5.55. The Balaban J connectivity index is 2.11. The third-order valence-corrected chi connectivity index (χ3v) is 3.19. The van der Waals surface area contributed by atoms with Gasteiger partial charge in [0.05, 0.1) is 5.76 Å². The molecule has 1 aliphatic carbocycles. The van der Waals surface area contributed by atoms with Crippen molar-refractivity contribution in [3.8, 4) is 0 Å². The van der Waals surface area contributed by atoms with Gasteiger partial charge < -0.3 is 9.31 Å². The number of fused-ring (bicyclic) bond motifs is 3. The average Bonchev–Trinajstić information content (AvgIpc) is 2.38. The van der Waals surface area contributed by atoms with Crippen LogP contribution in [-0.4, -0.2) is 14.2 Å². The van der Waals surface area contributed by atoms with E-state index in [9.17, 15) is 0 Å². The Bertz CT molecular complexity index is 465. The summed E-state index contributed by atoms with van der Waals surface area (Å²) in [5, 5.41) is 0. The van der Waals surface area contributed by atoms with Crippen LogP contribution in [0.4, 0.5) is 0 Å². The van der Waals surface area contributed by atoms with Gasteiger partial charge in [0, 0.05) is 18.5 Å². The van der Waals surface area contributed by atoms with Gasteiger partial charge in [-0.05, 0) is 18.1 Å². The van der Waals surface area contributed by atoms with Crippen LogP contribution in [0.2, 0.25) is 0 Å². The van der Waals surface area contributed by atoms with Crippen LogP contribution in [0, 0.1) is 0 Å². The Hall–Kier alpha value is -1.48. The molecule has 0 aromatic heterocycles. The Morgan fingerprint density at radius 3 is 3.12 bits per heavy atom. The highest BCUT2D eigenvalue weighted by Crippen LogP contribution is 2.34. The summed E-state index contributed by atoms with van der Waals surface area (Å²) in [5.74, 6) is 1.39. The van der Waals surface area contributed by atoms with E-state index in [1.165, 1.54) is 5.56 Å². The molecule has 1 aromatic carbocycles. The highest BCUT2D eigenvalue weighted by molar-refractivity contribution is 6.62. The van der Waals surface area contributed by atoms with E-state index in [4.69, 9.17) is 9.31 Å². The molecule has 0 radical (unpaired) electrons. The zero-order valence-corrected chi connectivity index (χ0v) is 9.22. The Labute approximate surface area is 95.7 Å². The van der Waals surface area contributed by atoms with E-state index in [0.717, 1.165) is 17.6 Å². The summed E-state index contributed by atoms with van der Waals surface area (Å²) in [4.78, 5) is 0. The molecule has 0 spiro atoms. The third kappa shape index (κ3) is 1.40. The average molecular weight is 212 g/mol. The predicted octanol–water partition coefficient (Wildman–Crippen LogP) is 1.99. The van der Waals surface area contributed by atoms with Crippen LogP contribution >= 0.6 is 0 Å². The topological polar surface area (TPSA) is 18.5 Å². The molecule has 0 bridgehead atoms. The first kappa shape index (κ1) is 9.73. The molecule has 1 aromatic rings. The number of allylic oxidation sites excluding steroid dienone is 4. The quantitative estimate of drug-likeness (QED) is 0.662. The van der Waals surface area contributed by atoms with Gasteiger partial charge in [-0.1, -0.05) is 36.4 Å². The molecular weight excluding hydrogens is 199 g/mol. The van der Waals surface area contributed by atoms with Crippen LogP contribution in [-0.2, 0) is 9.31 Å². The maximum atomic E-state index is 5.85. The fourth-order valence-electron chi connectivity index (χ4n) is 2.42. The smallest absolute Gasteiger partial charge is 0.535 e. The molecule has 3 heteroatoms. The molecule has 0 fully saturated rings. The van der Waals surface area contributed by atoms with Crippen LogP contribution in [0.15, 0.2) is 48.3 Å². The van der Waals surface area contributed by atoms with Gasteiger partial charge in [-0.2, -0.15) is 0 Å². The van der Waals surface area contributed by atoms with E-state index in [1.807, 2.05) is 18.2 Å². The first-order chi connectivity index (χ1) is 7.90. The lowest BCUT2D eigenvalue weighted by Gasteiger charge is -2.32. The Kier molecular flexibility index (Phi) is 2.33. The van der Waals surface area contributed by atoms with Crippen molar-refractivity contribution < 1.29 is 9.31 Å². The molecule has 1 heterocycles. The van der Waals surface area contributed by atoms with Crippen molar-refractivity contribution in [2.75, 3.05) is 7.11 Å². The molecule has 1 unspecified atom stereocenters. The Morgan fingerprint density at radius 1 is 1.38 bits per heavy atom. The van der Waals surface area contributed by atoms with Crippen molar-refractivity contribution in [2.24, 2.45) is 0 Å². The van der Waals surface area contributed by atoms with Gasteiger partial charge in [0.15, 0.2) is 0 Å². The molecule has 3 rings (SSSR count). The van der Waals surface area contributed by atoms with Gasteiger partial charge in [0.1, 0.15) is 0 Å². The summed E-state index contributed by atoms with van der Waals surface area (Å²) in [6.45, 7) is 0. The van der Waals surface area contributed by atoms with Crippen molar-refractivity contribution in [1.29, 1.82) is 0 Å². The monoisotopic (exact) mass is 212 g/mol. The molecule has 0 saturated heterocycles. The van der Waals surface area contributed by atoms with E-state index in [2.05, 4.69) is 24.3 Å². The standard InChI is InChI=1S/C13H13BO2/c1-15-14-12-8-4-2-6-10(12)11-7-3-5-9-13(11)16-14/h2-6,8-9,11H,7H2,1H3. The van der Waals surface area contributed by atoms with Gasteiger partial charge in [0.2, 0.25) is 0 Å². The number of hydrogen-bond acceptors (Lipinski definition) is 2. The van der Waals surface area contributed by atoms with Gasteiger partial charge in [-0.15, -0.1) is 0 Å².